The maximum absolute atomic E-state index is 12.4. The Morgan fingerprint density at radius 1 is 1.33 bits per heavy atom. The van der Waals surface area contributed by atoms with Crippen molar-refractivity contribution in [3.05, 3.63) is 40.4 Å². The molecule has 7 heteroatoms. The fourth-order valence-electron chi connectivity index (χ4n) is 2.03. The summed E-state index contributed by atoms with van der Waals surface area (Å²) in [6.45, 7) is 2.36. The first-order valence-corrected chi connectivity index (χ1v) is 7.37. The number of carbonyl (C=O) groups is 1. The van der Waals surface area contributed by atoms with Crippen molar-refractivity contribution in [2.45, 2.75) is 19.5 Å². The standard InChI is InChI=1S/C14H19N5OS/c1-9-4-6-10(7-5-9)12(19(2)3)13(20)16-8-11-17-18-14(15)21-11/h4-7,12H,8H2,1-3H3,(H2,15,18)(H,16,20)/t12-/m0/s1. The molecule has 1 amide bonds. The van der Waals surface area contributed by atoms with Crippen LogP contribution in [-0.2, 0) is 11.3 Å². The van der Waals surface area contributed by atoms with E-state index >= 15 is 0 Å². The van der Waals surface area contributed by atoms with E-state index in [0.29, 0.717) is 16.7 Å². The predicted octanol–water partition coefficient (Wildman–Crippen LogP) is 1.35. The summed E-state index contributed by atoms with van der Waals surface area (Å²) < 4.78 is 0. The first kappa shape index (κ1) is 15.4. The van der Waals surface area contributed by atoms with E-state index in [-0.39, 0.29) is 11.9 Å². The van der Waals surface area contributed by atoms with Crippen LogP contribution in [-0.4, -0.2) is 35.1 Å². The van der Waals surface area contributed by atoms with Crippen molar-refractivity contribution in [3.8, 4) is 0 Å². The van der Waals surface area contributed by atoms with Crippen molar-refractivity contribution in [3.63, 3.8) is 0 Å². The van der Waals surface area contributed by atoms with Crippen LogP contribution in [0.3, 0.4) is 0 Å². The van der Waals surface area contributed by atoms with Gasteiger partial charge in [-0.15, -0.1) is 10.2 Å². The number of likely N-dealkylation sites (N-methyl/N-ethyl adjacent to an activating group) is 1. The summed E-state index contributed by atoms with van der Waals surface area (Å²) in [6, 6.07) is 7.62. The fourth-order valence-corrected chi connectivity index (χ4v) is 2.58. The zero-order chi connectivity index (χ0) is 15.4. The van der Waals surface area contributed by atoms with Gasteiger partial charge in [0.1, 0.15) is 11.0 Å². The quantitative estimate of drug-likeness (QED) is 0.871. The lowest BCUT2D eigenvalue weighted by Gasteiger charge is -2.23. The molecule has 0 saturated heterocycles. The van der Waals surface area contributed by atoms with Gasteiger partial charge in [-0.05, 0) is 26.6 Å². The van der Waals surface area contributed by atoms with Crippen molar-refractivity contribution in [1.82, 2.24) is 20.4 Å². The minimum Gasteiger partial charge on any atom is -0.374 e. The van der Waals surface area contributed by atoms with Gasteiger partial charge in [0, 0.05) is 0 Å². The summed E-state index contributed by atoms with van der Waals surface area (Å²) in [4.78, 5) is 14.3. The van der Waals surface area contributed by atoms with Gasteiger partial charge in [0.25, 0.3) is 0 Å². The number of amides is 1. The molecule has 1 atom stereocenters. The number of nitrogen functional groups attached to an aromatic ring is 1. The molecule has 3 N–H and O–H groups in total. The van der Waals surface area contributed by atoms with Crippen LogP contribution in [0.1, 0.15) is 22.2 Å². The largest absolute Gasteiger partial charge is 0.374 e. The number of nitrogens with zero attached hydrogens (tertiary/aromatic N) is 3. The summed E-state index contributed by atoms with van der Waals surface area (Å²) >= 11 is 1.27. The number of hydrogen-bond acceptors (Lipinski definition) is 6. The average molecular weight is 305 g/mol. The van der Waals surface area contributed by atoms with E-state index in [9.17, 15) is 4.79 Å². The van der Waals surface area contributed by atoms with Crippen LogP contribution in [0, 0.1) is 6.92 Å². The Labute approximate surface area is 128 Å². The summed E-state index contributed by atoms with van der Waals surface area (Å²) in [5.41, 5.74) is 7.65. The molecule has 0 unspecified atom stereocenters. The molecule has 0 aliphatic carbocycles. The van der Waals surface area contributed by atoms with Crippen LogP contribution in [0.4, 0.5) is 5.13 Å². The molecule has 6 nitrogen and oxygen atoms in total. The van der Waals surface area contributed by atoms with Gasteiger partial charge in [0.15, 0.2) is 0 Å². The zero-order valence-corrected chi connectivity index (χ0v) is 13.1. The smallest absolute Gasteiger partial charge is 0.242 e. The van der Waals surface area contributed by atoms with Crippen molar-refractivity contribution in [1.29, 1.82) is 0 Å². The van der Waals surface area contributed by atoms with Crippen molar-refractivity contribution in [2.75, 3.05) is 19.8 Å². The van der Waals surface area contributed by atoms with E-state index < -0.39 is 0 Å². The van der Waals surface area contributed by atoms with Crippen LogP contribution in [0.25, 0.3) is 0 Å². The molecular weight excluding hydrogens is 286 g/mol. The highest BCUT2D eigenvalue weighted by molar-refractivity contribution is 7.15. The number of aryl methyl sites for hydroxylation is 1. The number of benzene rings is 1. The Morgan fingerprint density at radius 2 is 2.00 bits per heavy atom. The molecule has 0 saturated carbocycles. The highest BCUT2D eigenvalue weighted by atomic mass is 32.1. The zero-order valence-electron chi connectivity index (χ0n) is 12.3. The molecule has 0 fully saturated rings. The molecule has 2 rings (SSSR count). The lowest BCUT2D eigenvalue weighted by atomic mass is 10.0. The van der Waals surface area contributed by atoms with E-state index in [4.69, 9.17) is 5.73 Å². The monoisotopic (exact) mass is 305 g/mol. The van der Waals surface area contributed by atoms with Gasteiger partial charge in [-0.3, -0.25) is 9.69 Å². The second-order valence-corrected chi connectivity index (χ2v) is 6.12. The molecular formula is C14H19N5OS. The molecule has 112 valence electrons. The third-order valence-corrected chi connectivity index (χ3v) is 3.81. The maximum atomic E-state index is 12.4. The minimum absolute atomic E-state index is 0.0716. The maximum Gasteiger partial charge on any atom is 0.242 e. The fraction of sp³-hybridized carbons (Fsp3) is 0.357. The van der Waals surface area contributed by atoms with E-state index in [1.54, 1.807) is 0 Å². The Morgan fingerprint density at radius 3 is 2.52 bits per heavy atom. The summed E-state index contributed by atoms with van der Waals surface area (Å²) in [7, 11) is 3.76. The summed E-state index contributed by atoms with van der Waals surface area (Å²) in [5, 5.41) is 11.6. The van der Waals surface area contributed by atoms with Crippen molar-refractivity contribution in [2.24, 2.45) is 0 Å². The molecule has 21 heavy (non-hydrogen) atoms. The average Bonchev–Trinajstić information content (AvgIpc) is 2.84. The number of rotatable bonds is 5. The van der Waals surface area contributed by atoms with Crippen molar-refractivity contribution < 1.29 is 4.79 Å². The van der Waals surface area contributed by atoms with Gasteiger partial charge in [0.05, 0.1) is 6.54 Å². The normalized spacial score (nSPS) is 12.4. The second-order valence-electron chi connectivity index (χ2n) is 5.03. The van der Waals surface area contributed by atoms with Gasteiger partial charge in [-0.25, -0.2) is 0 Å². The number of aromatic nitrogens is 2. The molecule has 0 bridgehead atoms. The first-order chi connectivity index (χ1) is 9.97. The third-order valence-electron chi connectivity index (χ3n) is 3.05. The second kappa shape index (κ2) is 6.64. The molecule has 0 spiro atoms. The molecule has 0 aliphatic rings. The van der Waals surface area contributed by atoms with Crippen LogP contribution in [0.5, 0.6) is 0 Å². The van der Waals surface area contributed by atoms with E-state index in [2.05, 4.69) is 15.5 Å². The number of nitrogens with one attached hydrogen (secondary N) is 1. The van der Waals surface area contributed by atoms with E-state index in [1.165, 1.54) is 16.9 Å². The van der Waals surface area contributed by atoms with E-state index in [0.717, 1.165) is 5.56 Å². The lowest BCUT2D eigenvalue weighted by molar-refractivity contribution is -0.125. The molecule has 0 aliphatic heterocycles. The summed E-state index contributed by atoms with van der Waals surface area (Å²) in [6.07, 6.45) is 0. The molecule has 0 radical (unpaired) electrons. The molecule has 1 heterocycles. The number of carbonyl (C=O) groups excluding carboxylic acids is 1. The van der Waals surface area contributed by atoms with E-state index in [1.807, 2.05) is 50.2 Å². The Kier molecular flexibility index (Phi) is 4.87. The van der Waals surface area contributed by atoms with Gasteiger partial charge in [0.2, 0.25) is 11.0 Å². The van der Waals surface area contributed by atoms with Gasteiger partial charge in [-0.1, -0.05) is 41.2 Å². The van der Waals surface area contributed by atoms with Gasteiger partial charge >= 0.3 is 0 Å². The predicted molar refractivity (Wildman–Crippen MR) is 83.8 cm³/mol. The first-order valence-electron chi connectivity index (χ1n) is 6.56. The Hall–Kier alpha value is -1.99. The minimum atomic E-state index is -0.337. The van der Waals surface area contributed by atoms with Gasteiger partial charge < -0.3 is 11.1 Å². The SMILES string of the molecule is Cc1ccc([C@@H](C(=O)NCc2nnc(N)s2)N(C)C)cc1. The Balaban J connectivity index is 2.07. The van der Waals surface area contributed by atoms with Crippen LogP contribution in [0.2, 0.25) is 0 Å². The number of anilines is 1. The Bertz CT molecular complexity index is 608. The lowest BCUT2D eigenvalue weighted by Crippen LogP contribution is -2.36. The highest BCUT2D eigenvalue weighted by Crippen LogP contribution is 2.19. The third kappa shape index (κ3) is 3.99. The van der Waals surface area contributed by atoms with Crippen molar-refractivity contribution >= 4 is 22.4 Å². The number of nitrogens with two attached hydrogens (primary N) is 1. The highest BCUT2D eigenvalue weighted by Gasteiger charge is 2.22. The number of hydrogen-bond donors (Lipinski definition) is 2. The van der Waals surface area contributed by atoms with Crippen LogP contribution >= 0.6 is 11.3 Å². The molecule has 2 aromatic rings. The summed E-state index contributed by atoms with van der Waals surface area (Å²) in [5.74, 6) is -0.0716. The topological polar surface area (TPSA) is 84.1 Å². The van der Waals surface area contributed by atoms with Crippen LogP contribution < -0.4 is 11.1 Å². The molecule has 1 aromatic carbocycles. The molecule has 1 aromatic heterocycles. The van der Waals surface area contributed by atoms with Crippen LogP contribution in [0.15, 0.2) is 24.3 Å². The van der Waals surface area contributed by atoms with Gasteiger partial charge in [-0.2, -0.15) is 0 Å².